The second-order valence-corrected chi connectivity index (χ2v) is 7.69. The average molecular weight is 399 g/mol. The van der Waals surface area contributed by atoms with Gasteiger partial charge in [0.05, 0.1) is 5.69 Å². The molecule has 2 heterocycles. The van der Waals surface area contributed by atoms with Crippen LogP contribution in [0.1, 0.15) is 29.0 Å². The Labute approximate surface area is 166 Å². The van der Waals surface area contributed by atoms with Gasteiger partial charge in [-0.15, -0.1) is 0 Å². The van der Waals surface area contributed by atoms with Gasteiger partial charge >= 0.3 is 0 Å². The number of amides is 1. The predicted molar refractivity (Wildman–Crippen MR) is 107 cm³/mol. The van der Waals surface area contributed by atoms with Gasteiger partial charge in [0.2, 0.25) is 0 Å². The number of alkyl halides is 2. The van der Waals surface area contributed by atoms with E-state index in [1.54, 1.807) is 12.1 Å². The molecule has 0 aliphatic carbocycles. The first kappa shape index (κ1) is 18.7. The SMILES string of the molecule is O=C(Nc1cccc(-c2cn3c(n2)CCCC3)c1)c1ccc(SC(F)F)cc1. The molecule has 1 aliphatic heterocycles. The van der Waals surface area contributed by atoms with Gasteiger partial charge in [0.15, 0.2) is 0 Å². The van der Waals surface area contributed by atoms with Gasteiger partial charge in [-0.05, 0) is 49.2 Å². The molecule has 4 nitrogen and oxygen atoms in total. The van der Waals surface area contributed by atoms with Crippen molar-refractivity contribution in [1.82, 2.24) is 9.55 Å². The molecule has 1 aliphatic rings. The van der Waals surface area contributed by atoms with Gasteiger partial charge in [-0.2, -0.15) is 8.78 Å². The Bertz CT molecular complexity index is 962. The van der Waals surface area contributed by atoms with Crippen LogP contribution in [0.15, 0.2) is 59.6 Å². The number of benzene rings is 2. The number of hydrogen-bond donors (Lipinski definition) is 1. The van der Waals surface area contributed by atoms with Crippen LogP contribution in [0.2, 0.25) is 0 Å². The van der Waals surface area contributed by atoms with Gasteiger partial charge in [0.1, 0.15) is 5.82 Å². The summed E-state index contributed by atoms with van der Waals surface area (Å²) in [6, 6.07) is 13.7. The number of fused-ring (bicyclic) bond motifs is 1. The summed E-state index contributed by atoms with van der Waals surface area (Å²) in [5.74, 6) is -1.65. The number of rotatable bonds is 5. The van der Waals surface area contributed by atoms with E-state index >= 15 is 0 Å². The lowest BCUT2D eigenvalue weighted by Gasteiger charge is -2.11. The monoisotopic (exact) mass is 399 g/mol. The Morgan fingerprint density at radius 3 is 2.71 bits per heavy atom. The number of imidazole rings is 1. The first-order chi connectivity index (χ1) is 13.6. The Hall–Kier alpha value is -2.67. The largest absolute Gasteiger partial charge is 0.334 e. The van der Waals surface area contributed by atoms with Crippen LogP contribution < -0.4 is 5.32 Å². The Kier molecular flexibility index (Phi) is 5.43. The number of halogens is 2. The minimum absolute atomic E-state index is 0.283. The average Bonchev–Trinajstić information content (AvgIpc) is 3.12. The van der Waals surface area contributed by atoms with Crippen molar-refractivity contribution < 1.29 is 13.6 Å². The fourth-order valence-electron chi connectivity index (χ4n) is 3.30. The zero-order valence-electron chi connectivity index (χ0n) is 15.1. The molecule has 7 heteroatoms. The number of anilines is 1. The van der Waals surface area contributed by atoms with Gasteiger partial charge in [0.25, 0.3) is 11.7 Å². The first-order valence-electron chi connectivity index (χ1n) is 9.11. The molecule has 0 saturated carbocycles. The molecule has 0 bridgehead atoms. The number of thioether (sulfide) groups is 1. The third-order valence-electron chi connectivity index (χ3n) is 4.67. The quantitative estimate of drug-likeness (QED) is 0.580. The van der Waals surface area contributed by atoms with Crippen LogP contribution in [-0.2, 0) is 13.0 Å². The number of carbonyl (C=O) groups excluding carboxylic acids is 1. The topological polar surface area (TPSA) is 46.9 Å². The van der Waals surface area contributed by atoms with Crippen molar-refractivity contribution in [3.63, 3.8) is 0 Å². The summed E-state index contributed by atoms with van der Waals surface area (Å²) in [6.07, 6.45) is 5.40. The lowest BCUT2D eigenvalue weighted by atomic mass is 10.1. The van der Waals surface area contributed by atoms with Gasteiger partial charge in [-0.3, -0.25) is 4.79 Å². The van der Waals surface area contributed by atoms with E-state index in [4.69, 9.17) is 4.98 Å². The Morgan fingerprint density at radius 2 is 1.96 bits per heavy atom. The summed E-state index contributed by atoms with van der Waals surface area (Å²) in [5, 5.41) is 2.86. The molecule has 1 N–H and O–H groups in total. The smallest absolute Gasteiger partial charge is 0.288 e. The highest BCUT2D eigenvalue weighted by Gasteiger charge is 2.14. The summed E-state index contributed by atoms with van der Waals surface area (Å²) in [6.45, 7) is 0.999. The van der Waals surface area contributed by atoms with Crippen LogP contribution in [0.25, 0.3) is 11.3 Å². The van der Waals surface area contributed by atoms with Gasteiger partial charge in [-0.25, -0.2) is 4.98 Å². The predicted octanol–water partition coefficient (Wildman–Crippen LogP) is 5.45. The highest BCUT2D eigenvalue weighted by molar-refractivity contribution is 7.99. The van der Waals surface area contributed by atoms with Crippen LogP contribution in [0.5, 0.6) is 0 Å². The Balaban J connectivity index is 1.48. The van der Waals surface area contributed by atoms with Gasteiger partial charge in [-0.1, -0.05) is 23.9 Å². The third kappa shape index (κ3) is 4.25. The maximum Gasteiger partial charge on any atom is 0.288 e. The van der Waals surface area contributed by atoms with E-state index in [-0.39, 0.29) is 5.91 Å². The molecule has 0 unspecified atom stereocenters. The zero-order valence-corrected chi connectivity index (χ0v) is 15.9. The van der Waals surface area contributed by atoms with Crippen molar-refractivity contribution in [3.05, 3.63) is 66.1 Å². The maximum atomic E-state index is 12.5. The lowest BCUT2D eigenvalue weighted by Crippen LogP contribution is -2.11. The molecule has 144 valence electrons. The van der Waals surface area contributed by atoms with E-state index in [1.807, 2.05) is 24.3 Å². The standard InChI is InChI=1S/C21H19F2N3OS/c22-21(23)28-17-9-7-14(8-10-17)20(27)24-16-5-3-4-15(12-16)18-13-26-11-2-1-6-19(26)25-18/h3-5,7-10,12-13,21H,1-2,6,11H2,(H,24,27). The molecule has 0 spiro atoms. The fourth-order valence-corrected chi connectivity index (χ4v) is 3.80. The van der Waals surface area contributed by atoms with Gasteiger partial charge < -0.3 is 9.88 Å². The number of carbonyl (C=O) groups is 1. The van der Waals surface area contributed by atoms with Crippen LogP contribution in [0.4, 0.5) is 14.5 Å². The molecule has 0 atom stereocenters. The minimum atomic E-state index is -2.48. The molecule has 1 aromatic heterocycles. The van der Waals surface area contributed by atoms with Crippen molar-refractivity contribution in [2.45, 2.75) is 36.5 Å². The van der Waals surface area contributed by atoms with E-state index in [1.165, 1.54) is 25.0 Å². The molecule has 3 aromatic rings. The maximum absolute atomic E-state index is 12.5. The molecular formula is C21H19F2N3OS. The van der Waals surface area contributed by atoms with Crippen LogP contribution in [-0.4, -0.2) is 21.2 Å². The normalized spacial score (nSPS) is 13.4. The van der Waals surface area contributed by atoms with E-state index in [0.29, 0.717) is 27.9 Å². The molecule has 2 aromatic carbocycles. The van der Waals surface area contributed by atoms with Crippen molar-refractivity contribution in [1.29, 1.82) is 0 Å². The second-order valence-electron chi connectivity index (χ2n) is 6.63. The highest BCUT2D eigenvalue weighted by Crippen LogP contribution is 2.27. The van der Waals surface area contributed by atoms with Crippen LogP contribution in [0, 0.1) is 0 Å². The molecule has 4 rings (SSSR count). The number of aromatic nitrogens is 2. The summed E-state index contributed by atoms with van der Waals surface area (Å²) in [5.41, 5.74) is 2.94. The number of hydrogen-bond acceptors (Lipinski definition) is 3. The van der Waals surface area contributed by atoms with E-state index in [2.05, 4.69) is 16.1 Å². The van der Waals surface area contributed by atoms with Crippen molar-refractivity contribution in [2.75, 3.05) is 5.32 Å². The van der Waals surface area contributed by atoms with E-state index in [9.17, 15) is 13.6 Å². The summed E-state index contributed by atoms with van der Waals surface area (Å²) in [7, 11) is 0. The summed E-state index contributed by atoms with van der Waals surface area (Å²) >= 11 is 0.460. The van der Waals surface area contributed by atoms with Crippen LogP contribution in [0.3, 0.4) is 0 Å². The van der Waals surface area contributed by atoms with Crippen LogP contribution >= 0.6 is 11.8 Å². The lowest BCUT2D eigenvalue weighted by molar-refractivity contribution is 0.102. The summed E-state index contributed by atoms with van der Waals surface area (Å²) < 4.78 is 27.0. The van der Waals surface area contributed by atoms with Gasteiger partial charge in [0, 0.05) is 40.9 Å². The number of aryl methyl sites for hydroxylation is 2. The number of nitrogens with one attached hydrogen (secondary N) is 1. The molecule has 0 radical (unpaired) electrons. The molecular weight excluding hydrogens is 380 g/mol. The molecule has 1 amide bonds. The minimum Gasteiger partial charge on any atom is -0.334 e. The molecule has 0 saturated heterocycles. The Morgan fingerprint density at radius 1 is 1.14 bits per heavy atom. The second kappa shape index (κ2) is 8.14. The summed E-state index contributed by atoms with van der Waals surface area (Å²) in [4.78, 5) is 17.6. The van der Waals surface area contributed by atoms with E-state index in [0.717, 1.165) is 30.0 Å². The molecule has 0 fully saturated rings. The van der Waals surface area contributed by atoms with E-state index < -0.39 is 5.76 Å². The third-order valence-corrected chi connectivity index (χ3v) is 5.39. The zero-order chi connectivity index (χ0) is 19.5. The highest BCUT2D eigenvalue weighted by atomic mass is 32.2. The van der Waals surface area contributed by atoms with Crippen molar-refractivity contribution in [3.8, 4) is 11.3 Å². The fraction of sp³-hybridized carbons (Fsp3) is 0.238. The van der Waals surface area contributed by atoms with Crippen molar-refractivity contribution in [2.24, 2.45) is 0 Å². The molecule has 28 heavy (non-hydrogen) atoms. The van der Waals surface area contributed by atoms with Crippen molar-refractivity contribution >= 4 is 23.4 Å². The first-order valence-corrected chi connectivity index (χ1v) is 9.99. The number of nitrogens with zero attached hydrogens (tertiary/aromatic N) is 2.